The van der Waals surface area contributed by atoms with Crippen LogP contribution in [-0.2, 0) is 6.61 Å². The Morgan fingerprint density at radius 3 is 2.88 bits per heavy atom. The molecule has 1 N–H and O–H groups in total. The van der Waals surface area contributed by atoms with E-state index in [0.29, 0.717) is 5.92 Å². The molecule has 88 valence electrons. The van der Waals surface area contributed by atoms with Gasteiger partial charge in [0.2, 0.25) is 0 Å². The van der Waals surface area contributed by atoms with Gasteiger partial charge >= 0.3 is 0 Å². The maximum Gasteiger partial charge on any atom is 0.0715 e. The molecule has 3 nitrogen and oxygen atoms in total. The number of aromatic nitrogens is 2. The number of rotatable bonds is 3. The van der Waals surface area contributed by atoms with E-state index in [1.165, 1.54) is 24.1 Å². The molecule has 0 radical (unpaired) electrons. The van der Waals surface area contributed by atoms with Crippen molar-refractivity contribution in [2.24, 2.45) is 0 Å². The number of aliphatic hydroxyl groups is 1. The van der Waals surface area contributed by atoms with E-state index in [4.69, 9.17) is 0 Å². The third-order valence-electron chi connectivity index (χ3n) is 3.27. The molecule has 3 rings (SSSR count). The molecule has 1 aromatic heterocycles. The van der Waals surface area contributed by atoms with Gasteiger partial charge in [0.25, 0.3) is 0 Å². The largest absolute Gasteiger partial charge is 0.392 e. The molecule has 0 saturated heterocycles. The van der Waals surface area contributed by atoms with Crippen LogP contribution in [0.3, 0.4) is 0 Å². The number of aliphatic hydroxyl groups excluding tert-OH is 1. The highest BCUT2D eigenvalue weighted by Crippen LogP contribution is 2.42. The van der Waals surface area contributed by atoms with Gasteiger partial charge in [-0.25, -0.2) is 4.68 Å². The molecule has 0 spiro atoms. The molecule has 3 heteroatoms. The number of aryl methyl sites for hydroxylation is 1. The number of hydrogen-bond acceptors (Lipinski definition) is 2. The summed E-state index contributed by atoms with van der Waals surface area (Å²) < 4.78 is 1.98. The van der Waals surface area contributed by atoms with Crippen LogP contribution in [0.2, 0.25) is 0 Å². The highest BCUT2D eigenvalue weighted by atomic mass is 16.3. The normalized spacial score (nSPS) is 15.2. The average Bonchev–Trinajstić information content (AvgIpc) is 3.08. The van der Waals surface area contributed by atoms with E-state index in [1.54, 1.807) is 6.20 Å². The maximum atomic E-state index is 9.36. The SMILES string of the molecule is Cc1cccc(-n2ncc(CO)c2C2CC2)c1. The summed E-state index contributed by atoms with van der Waals surface area (Å²) in [5.41, 5.74) is 4.48. The lowest BCUT2D eigenvalue weighted by molar-refractivity contribution is 0.280. The first kappa shape index (κ1) is 10.5. The summed E-state index contributed by atoms with van der Waals surface area (Å²) >= 11 is 0. The summed E-state index contributed by atoms with van der Waals surface area (Å²) in [7, 11) is 0. The summed E-state index contributed by atoms with van der Waals surface area (Å²) in [6.07, 6.45) is 4.21. The van der Waals surface area contributed by atoms with E-state index in [1.807, 2.05) is 10.7 Å². The molecule has 1 heterocycles. The van der Waals surface area contributed by atoms with Crippen LogP contribution in [0.5, 0.6) is 0 Å². The van der Waals surface area contributed by atoms with Gasteiger partial charge in [-0.1, -0.05) is 12.1 Å². The van der Waals surface area contributed by atoms with Gasteiger partial charge in [0, 0.05) is 11.5 Å². The predicted molar refractivity (Wildman–Crippen MR) is 66.2 cm³/mol. The van der Waals surface area contributed by atoms with Gasteiger partial charge < -0.3 is 5.11 Å². The van der Waals surface area contributed by atoms with E-state index >= 15 is 0 Å². The third-order valence-corrected chi connectivity index (χ3v) is 3.27. The Labute approximate surface area is 101 Å². The van der Waals surface area contributed by atoms with Crippen LogP contribution in [0.15, 0.2) is 30.5 Å². The third kappa shape index (κ3) is 1.87. The molecule has 1 aliphatic carbocycles. The highest BCUT2D eigenvalue weighted by molar-refractivity contribution is 5.39. The molecule has 2 aromatic rings. The molecule has 1 fully saturated rings. The van der Waals surface area contributed by atoms with Crippen LogP contribution < -0.4 is 0 Å². The van der Waals surface area contributed by atoms with Crippen molar-refractivity contribution in [3.63, 3.8) is 0 Å². The lowest BCUT2D eigenvalue weighted by Crippen LogP contribution is -2.02. The summed E-state index contributed by atoms with van der Waals surface area (Å²) in [6.45, 7) is 2.16. The van der Waals surface area contributed by atoms with Crippen molar-refractivity contribution in [3.05, 3.63) is 47.3 Å². The van der Waals surface area contributed by atoms with Crippen molar-refractivity contribution in [2.75, 3.05) is 0 Å². The Hall–Kier alpha value is -1.61. The van der Waals surface area contributed by atoms with Crippen molar-refractivity contribution in [3.8, 4) is 5.69 Å². The Morgan fingerprint density at radius 2 is 2.24 bits per heavy atom. The van der Waals surface area contributed by atoms with E-state index in [0.717, 1.165) is 11.3 Å². The summed E-state index contributed by atoms with van der Waals surface area (Å²) in [5.74, 6) is 0.583. The van der Waals surface area contributed by atoms with Gasteiger partial charge in [-0.3, -0.25) is 0 Å². The van der Waals surface area contributed by atoms with Crippen molar-refractivity contribution in [1.82, 2.24) is 9.78 Å². The van der Waals surface area contributed by atoms with Crippen molar-refractivity contribution < 1.29 is 5.11 Å². The fraction of sp³-hybridized carbons (Fsp3) is 0.357. The second-order valence-corrected chi connectivity index (χ2v) is 4.74. The average molecular weight is 228 g/mol. The predicted octanol–water partition coefficient (Wildman–Crippen LogP) is 2.55. The van der Waals surface area contributed by atoms with Gasteiger partial charge in [-0.05, 0) is 37.5 Å². The summed E-state index contributed by atoms with van der Waals surface area (Å²) in [5, 5.41) is 13.8. The molecule has 1 aromatic carbocycles. The highest BCUT2D eigenvalue weighted by Gasteiger charge is 2.30. The van der Waals surface area contributed by atoms with Gasteiger partial charge in [0.05, 0.1) is 24.2 Å². The molecular weight excluding hydrogens is 212 g/mol. The Balaban J connectivity index is 2.11. The summed E-state index contributed by atoms with van der Waals surface area (Å²) in [6, 6.07) is 8.31. The number of benzene rings is 1. The van der Waals surface area contributed by atoms with Crippen molar-refractivity contribution in [1.29, 1.82) is 0 Å². The monoisotopic (exact) mass is 228 g/mol. The van der Waals surface area contributed by atoms with Gasteiger partial charge in [0.1, 0.15) is 0 Å². The molecule has 1 saturated carbocycles. The smallest absolute Gasteiger partial charge is 0.0715 e. The van der Waals surface area contributed by atoms with Crippen LogP contribution in [-0.4, -0.2) is 14.9 Å². The summed E-state index contributed by atoms with van der Waals surface area (Å²) in [4.78, 5) is 0. The number of nitrogens with zero attached hydrogens (tertiary/aromatic N) is 2. The lowest BCUT2D eigenvalue weighted by atomic mass is 10.1. The molecule has 0 amide bonds. The number of hydrogen-bond donors (Lipinski definition) is 1. The first-order valence-corrected chi connectivity index (χ1v) is 6.04. The molecule has 0 atom stereocenters. The van der Waals surface area contributed by atoms with E-state index < -0.39 is 0 Å². The van der Waals surface area contributed by atoms with Crippen LogP contribution >= 0.6 is 0 Å². The zero-order chi connectivity index (χ0) is 11.8. The van der Waals surface area contributed by atoms with E-state index in [2.05, 4.69) is 30.2 Å². The van der Waals surface area contributed by atoms with E-state index in [9.17, 15) is 5.11 Å². The minimum atomic E-state index is 0.0810. The zero-order valence-corrected chi connectivity index (χ0v) is 9.93. The quantitative estimate of drug-likeness (QED) is 0.876. The second-order valence-electron chi connectivity index (χ2n) is 4.74. The minimum Gasteiger partial charge on any atom is -0.392 e. The molecule has 0 unspecified atom stereocenters. The first-order chi connectivity index (χ1) is 8.29. The van der Waals surface area contributed by atoms with Crippen LogP contribution in [0.1, 0.15) is 35.6 Å². The standard InChI is InChI=1S/C14H16N2O/c1-10-3-2-4-13(7-10)16-14(11-5-6-11)12(9-17)8-15-16/h2-4,7-8,11,17H,5-6,9H2,1H3. The van der Waals surface area contributed by atoms with E-state index in [-0.39, 0.29) is 6.61 Å². The van der Waals surface area contributed by atoms with Crippen molar-refractivity contribution in [2.45, 2.75) is 32.3 Å². The van der Waals surface area contributed by atoms with Gasteiger partial charge in [0.15, 0.2) is 0 Å². The zero-order valence-electron chi connectivity index (χ0n) is 9.93. The van der Waals surface area contributed by atoms with Gasteiger partial charge in [-0.15, -0.1) is 0 Å². The van der Waals surface area contributed by atoms with Crippen LogP contribution in [0, 0.1) is 6.92 Å². The fourth-order valence-corrected chi connectivity index (χ4v) is 2.27. The second kappa shape index (κ2) is 4.00. The Bertz CT molecular complexity index is 541. The van der Waals surface area contributed by atoms with Gasteiger partial charge in [-0.2, -0.15) is 5.10 Å². The molecule has 0 aliphatic heterocycles. The Kier molecular flexibility index (Phi) is 2.48. The fourth-order valence-electron chi connectivity index (χ4n) is 2.27. The topological polar surface area (TPSA) is 38.0 Å². The first-order valence-electron chi connectivity index (χ1n) is 6.04. The molecule has 0 bridgehead atoms. The molecule has 1 aliphatic rings. The maximum absolute atomic E-state index is 9.36. The molecular formula is C14H16N2O. The van der Waals surface area contributed by atoms with Crippen molar-refractivity contribution >= 4 is 0 Å². The van der Waals surface area contributed by atoms with Crippen LogP contribution in [0.25, 0.3) is 5.69 Å². The van der Waals surface area contributed by atoms with Crippen LogP contribution in [0.4, 0.5) is 0 Å². The minimum absolute atomic E-state index is 0.0810. The molecule has 17 heavy (non-hydrogen) atoms. The Morgan fingerprint density at radius 1 is 1.41 bits per heavy atom. The lowest BCUT2D eigenvalue weighted by Gasteiger charge is -2.08.